The van der Waals surface area contributed by atoms with Gasteiger partial charge in [-0.25, -0.2) is 4.98 Å². The fourth-order valence-electron chi connectivity index (χ4n) is 2.86. The standard InChI is InChI=1S/C14H23N3O/c1-4-5-12-7-13(18)16-14(15-12)17-8-10(2)6-11(3)9-17/h7,10-11H,4-6,8-9H2,1-3H3,(H,15,16,18). The van der Waals surface area contributed by atoms with Gasteiger partial charge in [0.15, 0.2) is 0 Å². The molecule has 1 aromatic heterocycles. The molecule has 0 amide bonds. The zero-order chi connectivity index (χ0) is 13.1. The highest BCUT2D eigenvalue weighted by atomic mass is 16.1. The van der Waals surface area contributed by atoms with Gasteiger partial charge < -0.3 is 4.90 Å². The van der Waals surface area contributed by atoms with Gasteiger partial charge in [0, 0.05) is 24.8 Å². The van der Waals surface area contributed by atoms with Gasteiger partial charge in [0.25, 0.3) is 5.56 Å². The molecule has 0 aliphatic carbocycles. The Bertz CT molecular complexity index is 445. The summed E-state index contributed by atoms with van der Waals surface area (Å²) >= 11 is 0. The molecule has 0 spiro atoms. The number of rotatable bonds is 3. The average Bonchev–Trinajstić information content (AvgIpc) is 2.27. The Morgan fingerprint density at radius 2 is 2.06 bits per heavy atom. The van der Waals surface area contributed by atoms with Crippen LogP contribution in [0.1, 0.15) is 39.3 Å². The molecule has 0 aromatic carbocycles. The minimum Gasteiger partial charge on any atom is -0.342 e. The Labute approximate surface area is 108 Å². The van der Waals surface area contributed by atoms with Crippen LogP contribution in [0.4, 0.5) is 5.95 Å². The van der Waals surface area contributed by atoms with Crippen molar-refractivity contribution in [3.05, 3.63) is 22.1 Å². The maximum absolute atomic E-state index is 11.7. The molecule has 1 aromatic rings. The lowest BCUT2D eigenvalue weighted by Gasteiger charge is -2.35. The molecule has 1 aliphatic rings. The van der Waals surface area contributed by atoms with Crippen molar-refractivity contribution < 1.29 is 0 Å². The van der Waals surface area contributed by atoms with Crippen LogP contribution in [0.15, 0.2) is 10.9 Å². The molecule has 2 atom stereocenters. The molecule has 0 bridgehead atoms. The van der Waals surface area contributed by atoms with Gasteiger partial charge in [-0.15, -0.1) is 0 Å². The number of aryl methyl sites for hydroxylation is 1. The molecule has 4 heteroatoms. The second-order valence-corrected chi connectivity index (χ2v) is 5.66. The highest BCUT2D eigenvalue weighted by Gasteiger charge is 2.23. The van der Waals surface area contributed by atoms with Crippen molar-refractivity contribution in [3.63, 3.8) is 0 Å². The molecule has 0 radical (unpaired) electrons. The van der Waals surface area contributed by atoms with E-state index in [-0.39, 0.29) is 5.56 Å². The van der Waals surface area contributed by atoms with Crippen LogP contribution in [0, 0.1) is 11.8 Å². The molecule has 18 heavy (non-hydrogen) atoms. The van der Waals surface area contributed by atoms with E-state index in [1.165, 1.54) is 6.42 Å². The Morgan fingerprint density at radius 3 is 2.67 bits per heavy atom. The van der Waals surface area contributed by atoms with E-state index in [1.54, 1.807) is 6.07 Å². The van der Waals surface area contributed by atoms with Crippen LogP contribution in [-0.4, -0.2) is 23.1 Å². The van der Waals surface area contributed by atoms with Crippen molar-refractivity contribution in [1.82, 2.24) is 9.97 Å². The lowest BCUT2D eigenvalue weighted by atomic mass is 9.92. The van der Waals surface area contributed by atoms with Gasteiger partial charge in [-0.3, -0.25) is 9.78 Å². The SMILES string of the molecule is CCCc1cc(=O)[nH]c(N2CC(C)CC(C)C2)n1. The first-order valence-electron chi connectivity index (χ1n) is 6.93. The Kier molecular flexibility index (Phi) is 4.04. The predicted octanol–water partition coefficient (Wildman–Crippen LogP) is 2.20. The number of hydrogen-bond acceptors (Lipinski definition) is 3. The van der Waals surface area contributed by atoms with Crippen molar-refractivity contribution in [2.24, 2.45) is 11.8 Å². The Balaban J connectivity index is 2.23. The Hall–Kier alpha value is -1.32. The fourth-order valence-corrected chi connectivity index (χ4v) is 2.86. The summed E-state index contributed by atoms with van der Waals surface area (Å²) in [6, 6.07) is 1.61. The summed E-state index contributed by atoms with van der Waals surface area (Å²) in [6.07, 6.45) is 3.15. The number of anilines is 1. The van der Waals surface area contributed by atoms with Crippen LogP contribution >= 0.6 is 0 Å². The molecule has 1 aliphatic heterocycles. The number of H-pyrrole nitrogens is 1. The van der Waals surface area contributed by atoms with Crippen molar-refractivity contribution in [2.75, 3.05) is 18.0 Å². The van der Waals surface area contributed by atoms with Crippen LogP contribution in [0.25, 0.3) is 0 Å². The topological polar surface area (TPSA) is 49.0 Å². The smallest absolute Gasteiger partial charge is 0.252 e. The van der Waals surface area contributed by atoms with Crippen LogP contribution in [-0.2, 0) is 6.42 Å². The number of nitrogens with one attached hydrogen (secondary N) is 1. The van der Waals surface area contributed by atoms with Crippen molar-refractivity contribution in [2.45, 2.75) is 40.0 Å². The number of hydrogen-bond donors (Lipinski definition) is 1. The fraction of sp³-hybridized carbons (Fsp3) is 0.714. The first kappa shape index (κ1) is 13.1. The summed E-state index contributed by atoms with van der Waals surface area (Å²) in [5.74, 6) is 2.08. The van der Waals surface area contributed by atoms with E-state index < -0.39 is 0 Å². The largest absolute Gasteiger partial charge is 0.342 e. The molecular formula is C14H23N3O. The number of nitrogens with zero attached hydrogens (tertiary/aromatic N) is 2. The molecule has 0 saturated carbocycles. The first-order chi connectivity index (χ1) is 8.58. The minimum absolute atomic E-state index is 0.0330. The van der Waals surface area contributed by atoms with Crippen molar-refractivity contribution in [1.29, 1.82) is 0 Å². The van der Waals surface area contributed by atoms with E-state index in [4.69, 9.17) is 0 Å². The zero-order valence-corrected chi connectivity index (χ0v) is 11.6. The summed E-state index contributed by atoms with van der Waals surface area (Å²) in [5, 5.41) is 0. The highest BCUT2D eigenvalue weighted by molar-refractivity contribution is 5.31. The number of aromatic amines is 1. The molecule has 1 N–H and O–H groups in total. The van der Waals surface area contributed by atoms with Crippen LogP contribution in [0.5, 0.6) is 0 Å². The van der Waals surface area contributed by atoms with Crippen molar-refractivity contribution in [3.8, 4) is 0 Å². The third-order valence-corrected chi connectivity index (χ3v) is 3.46. The summed E-state index contributed by atoms with van der Waals surface area (Å²) in [4.78, 5) is 21.4. The average molecular weight is 249 g/mol. The summed E-state index contributed by atoms with van der Waals surface area (Å²) < 4.78 is 0. The maximum Gasteiger partial charge on any atom is 0.252 e. The van der Waals surface area contributed by atoms with Gasteiger partial charge in [-0.2, -0.15) is 0 Å². The number of aromatic nitrogens is 2. The van der Waals surface area contributed by atoms with E-state index in [1.807, 2.05) is 0 Å². The molecule has 2 rings (SSSR count). The van der Waals surface area contributed by atoms with E-state index in [2.05, 4.69) is 35.6 Å². The van der Waals surface area contributed by atoms with Gasteiger partial charge in [0.2, 0.25) is 5.95 Å². The maximum atomic E-state index is 11.7. The lowest BCUT2D eigenvalue weighted by Crippen LogP contribution is -2.40. The molecule has 2 heterocycles. The summed E-state index contributed by atoms with van der Waals surface area (Å²) in [6.45, 7) is 8.60. The Morgan fingerprint density at radius 1 is 1.39 bits per heavy atom. The molecule has 2 unspecified atom stereocenters. The molecule has 1 saturated heterocycles. The van der Waals surface area contributed by atoms with Crippen molar-refractivity contribution >= 4 is 5.95 Å². The van der Waals surface area contributed by atoms with E-state index in [9.17, 15) is 4.79 Å². The molecule has 4 nitrogen and oxygen atoms in total. The monoisotopic (exact) mass is 249 g/mol. The summed E-state index contributed by atoms with van der Waals surface area (Å²) in [7, 11) is 0. The third kappa shape index (κ3) is 3.12. The number of piperidine rings is 1. The van der Waals surface area contributed by atoms with E-state index >= 15 is 0 Å². The quantitative estimate of drug-likeness (QED) is 0.893. The molecule has 1 fully saturated rings. The van der Waals surface area contributed by atoms with E-state index in [0.29, 0.717) is 11.8 Å². The van der Waals surface area contributed by atoms with E-state index in [0.717, 1.165) is 37.6 Å². The van der Waals surface area contributed by atoms with Gasteiger partial charge in [0.05, 0.1) is 0 Å². The van der Waals surface area contributed by atoms with Gasteiger partial charge in [0.1, 0.15) is 0 Å². The second-order valence-electron chi connectivity index (χ2n) is 5.66. The second kappa shape index (κ2) is 5.55. The first-order valence-corrected chi connectivity index (χ1v) is 6.93. The predicted molar refractivity (Wildman–Crippen MR) is 74.0 cm³/mol. The van der Waals surface area contributed by atoms with Gasteiger partial charge in [-0.1, -0.05) is 27.2 Å². The lowest BCUT2D eigenvalue weighted by molar-refractivity contribution is 0.353. The van der Waals surface area contributed by atoms with Crippen LogP contribution in [0.3, 0.4) is 0 Å². The minimum atomic E-state index is -0.0330. The third-order valence-electron chi connectivity index (χ3n) is 3.46. The highest BCUT2D eigenvalue weighted by Crippen LogP contribution is 2.23. The molecular weight excluding hydrogens is 226 g/mol. The van der Waals surface area contributed by atoms with Gasteiger partial charge in [-0.05, 0) is 24.7 Å². The molecule has 100 valence electrons. The van der Waals surface area contributed by atoms with Crippen LogP contribution < -0.4 is 10.5 Å². The zero-order valence-electron chi connectivity index (χ0n) is 11.6. The van der Waals surface area contributed by atoms with Gasteiger partial charge >= 0.3 is 0 Å². The van der Waals surface area contributed by atoms with Crippen LogP contribution in [0.2, 0.25) is 0 Å². The normalized spacial score (nSPS) is 24.3. The summed E-state index contributed by atoms with van der Waals surface area (Å²) in [5.41, 5.74) is 0.872.